The largest absolute Gasteiger partial charge is 0.465 e. The summed E-state index contributed by atoms with van der Waals surface area (Å²) in [5, 5.41) is 8.76. The standard InChI is InChI=1S/C7H8NO3S/c9-7(10)8-4-12-6-3-11-2-1-5(6)8/h4H,1-3H2,(H,9,10). The molecule has 1 amide bonds. The van der Waals surface area contributed by atoms with Crippen molar-refractivity contribution in [2.45, 2.75) is 6.42 Å². The summed E-state index contributed by atoms with van der Waals surface area (Å²) in [7, 11) is 0. The van der Waals surface area contributed by atoms with E-state index < -0.39 is 6.09 Å². The third-order valence-corrected chi connectivity index (χ3v) is 2.79. The van der Waals surface area contributed by atoms with Crippen LogP contribution in [0.2, 0.25) is 0 Å². The Hall–Kier alpha value is -0.680. The molecule has 0 atom stereocenters. The van der Waals surface area contributed by atoms with E-state index in [4.69, 9.17) is 9.84 Å². The molecule has 5 heteroatoms. The average Bonchev–Trinajstić information content (AvgIpc) is 2.47. The summed E-state index contributed by atoms with van der Waals surface area (Å²) in [6.45, 7) is 1.18. The van der Waals surface area contributed by atoms with Crippen molar-refractivity contribution in [3.05, 3.63) is 16.5 Å². The number of carboxylic acid groups (broad SMARTS) is 1. The lowest BCUT2D eigenvalue weighted by atomic mass is 10.2. The number of thioether (sulfide) groups is 1. The molecule has 2 aliphatic rings. The summed E-state index contributed by atoms with van der Waals surface area (Å²) in [5.41, 5.74) is 0.888. The molecular weight excluding hydrogens is 178 g/mol. The van der Waals surface area contributed by atoms with E-state index in [-0.39, 0.29) is 0 Å². The zero-order valence-corrected chi connectivity index (χ0v) is 7.13. The van der Waals surface area contributed by atoms with Crippen molar-refractivity contribution in [1.29, 1.82) is 0 Å². The SMILES string of the molecule is O=C(O)N1[CH]SC2=C1CCOC2. The lowest BCUT2D eigenvalue weighted by Crippen LogP contribution is -2.25. The van der Waals surface area contributed by atoms with Gasteiger partial charge in [-0.3, -0.25) is 4.90 Å². The van der Waals surface area contributed by atoms with Gasteiger partial charge in [-0.15, -0.1) is 0 Å². The third-order valence-electron chi connectivity index (χ3n) is 1.84. The van der Waals surface area contributed by atoms with Gasteiger partial charge in [0.25, 0.3) is 0 Å². The smallest absolute Gasteiger partial charge is 0.412 e. The van der Waals surface area contributed by atoms with Gasteiger partial charge in [-0.25, -0.2) is 4.79 Å². The van der Waals surface area contributed by atoms with Gasteiger partial charge >= 0.3 is 6.09 Å². The van der Waals surface area contributed by atoms with Crippen LogP contribution in [0.25, 0.3) is 0 Å². The monoisotopic (exact) mass is 186 g/mol. The number of nitrogens with zero attached hydrogens (tertiary/aromatic N) is 1. The number of amides is 1. The van der Waals surface area contributed by atoms with Gasteiger partial charge in [0.05, 0.1) is 13.2 Å². The second-order valence-corrected chi connectivity index (χ2v) is 3.49. The summed E-state index contributed by atoms with van der Waals surface area (Å²) in [6.07, 6.45) is -0.208. The molecule has 2 heterocycles. The van der Waals surface area contributed by atoms with Crippen molar-refractivity contribution >= 4 is 17.9 Å². The van der Waals surface area contributed by atoms with Gasteiger partial charge in [0.2, 0.25) is 0 Å². The Bertz CT molecular complexity index is 251. The van der Waals surface area contributed by atoms with Crippen molar-refractivity contribution < 1.29 is 14.6 Å². The first-order valence-electron chi connectivity index (χ1n) is 3.61. The van der Waals surface area contributed by atoms with Crippen molar-refractivity contribution in [3.8, 4) is 0 Å². The highest BCUT2D eigenvalue weighted by atomic mass is 32.2. The molecular formula is C7H8NO3S. The van der Waals surface area contributed by atoms with E-state index in [9.17, 15) is 4.79 Å². The molecule has 0 unspecified atom stereocenters. The Balaban J connectivity index is 2.21. The van der Waals surface area contributed by atoms with Crippen LogP contribution in [-0.2, 0) is 4.74 Å². The number of rotatable bonds is 0. The quantitative estimate of drug-likeness (QED) is 0.622. The number of hydrogen-bond donors (Lipinski definition) is 1. The summed E-state index contributed by atoms with van der Waals surface area (Å²) < 4.78 is 5.19. The van der Waals surface area contributed by atoms with E-state index in [0.29, 0.717) is 19.6 Å². The molecule has 0 fully saturated rings. The molecule has 0 bridgehead atoms. The fourth-order valence-electron chi connectivity index (χ4n) is 1.25. The van der Waals surface area contributed by atoms with Gasteiger partial charge < -0.3 is 9.84 Å². The molecule has 2 aliphatic heterocycles. The van der Waals surface area contributed by atoms with Crippen LogP contribution in [-0.4, -0.2) is 29.3 Å². The Morgan fingerprint density at radius 2 is 2.58 bits per heavy atom. The van der Waals surface area contributed by atoms with Crippen molar-refractivity contribution in [1.82, 2.24) is 4.90 Å². The number of hydrogen-bond acceptors (Lipinski definition) is 3. The maximum atomic E-state index is 10.7. The normalized spacial score (nSPS) is 22.8. The highest BCUT2D eigenvalue weighted by Gasteiger charge is 2.30. The molecule has 2 rings (SSSR count). The molecule has 65 valence electrons. The van der Waals surface area contributed by atoms with Gasteiger partial charge in [-0.2, -0.15) is 0 Å². The van der Waals surface area contributed by atoms with Gasteiger partial charge in [0.1, 0.15) is 5.88 Å². The number of carbonyl (C=O) groups is 1. The molecule has 0 aliphatic carbocycles. The zero-order chi connectivity index (χ0) is 8.55. The minimum absolute atomic E-state index is 0.556. The Morgan fingerprint density at radius 1 is 1.75 bits per heavy atom. The maximum absolute atomic E-state index is 10.7. The first-order chi connectivity index (χ1) is 5.79. The highest BCUT2D eigenvalue weighted by Crippen LogP contribution is 2.38. The van der Waals surface area contributed by atoms with E-state index in [1.54, 1.807) is 5.88 Å². The van der Waals surface area contributed by atoms with E-state index in [0.717, 1.165) is 10.6 Å². The summed E-state index contributed by atoms with van der Waals surface area (Å²) in [4.78, 5) is 13.0. The second-order valence-electron chi connectivity index (χ2n) is 2.55. The van der Waals surface area contributed by atoms with Crippen molar-refractivity contribution in [3.63, 3.8) is 0 Å². The van der Waals surface area contributed by atoms with Crippen LogP contribution in [0, 0.1) is 5.88 Å². The van der Waals surface area contributed by atoms with Gasteiger partial charge in [-0.05, 0) is 0 Å². The topological polar surface area (TPSA) is 49.8 Å². The van der Waals surface area contributed by atoms with Crippen LogP contribution in [0.15, 0.2) is 10.6 Å². The van der Waals surface area contributed by atoms with Gasteiger partial charge in [-0.1, -0.05) is 11.8 Å². The molecule has 0 spiro atoms. The minimum atomic E-state index is -0.908. The zero-order valence-electron chi connectivity index (χ0n) is 6.32. The fraction of sp³-hybridized carbons (Fsp3) is 0.429. The molecule has 0 saturated carbocycles. The first-order valence-corrected chi connectivity index (χ1v) is 4.49. The molecule has 0 aromatic carbocycles. The van der Waals surface area contributed by atoms with E-state index in [1.807, 2.05) is 0 Å². The van der Waals surface area contributed by atoms with E-state index >= 15 is 0 Å². The van der Waals surface area contributed by atoms with E-state index in [1.165, 1.54) is 16.7 Å². The lowest BCUT2D eigenvalue weighted by Gasteiger charge is -2.18. The van der Waals surface area contributed by atoms with Gasteiger partial charge in [0.15, 0.2) is 0 Å². The fourth-order valence-corrected chi connectivity index (χ4v) is 2.19. The summed E-state index contributed by atoms with van der Waals surface area (Å²) in [6, 6.07) is 0. The minimum Gasteiger partial charge on any atom is -0.465 e. The van der Waals surface area contributed by atoms with E-state index in [2.05, 4.69) is 0 Å². The molecule has 0 aromatic heterocycles. The molecule has 1 N–H and O–H groups in total. The first kappa shape index (κ1) is 7.94. The predicted octanol–water partition coefficient (Wildman–Crippen LogP) is 1.46. The summed E-state index contributed by atoms with van der Waals surface area (Å²) >= 11 is 1.44. The van der Waals surface area contributed by atoms with Crippen LogP contribution >= 0.6 is 11.8 Å². The third kappa shape index (κ3) is 1.19. The number of ether oxygens (including phenoxy) is 1. The highest BCUT2D eigenvalue weighted by molar-refractivity contribution is 8.05. The maximum Gasteiger partial charge on any atom is 0.412 e. The van der Waals surface area contributed by atoms with Crippen molar-refractivity contribution in [2.24, 2.45) is 0 Å². The molecule has 4 nitrogen and oxygen atoms in total. The Morgan fingerprint density at radius 3 is 3.33 bits per heavy atom. The molecule has 12 heavy (non-hydrogen) atoms. The second kappa shape index (κ2) is 2.99. The van der Waals surface area contributed by atoms with Crippen LogP contribution < -0.4 is 0 Å². The average molecular weight is 186 g/mol. The molecule has 0 saturated heterocycles. The summed E-state index contributed by atoms with van der Waals surface area (Å²) in [5.74, 6) is 1.61. The predicted molar refractivity (Wildman–Crippen MR) is 44.2 cm³/mol. The van der Waals surface area contributed by atoms with Gasteiger partial charge in [0, 0.05) is 17.0 Å². The van der Waals surface area contributed by atoms with Crippen LogP contribution in [0.3, 0.4) is 0 Å². The van der Waals surface area contributed by atoms with Crippen molar-refractivity contribution in [2.75, 3.05) is 13.2 Å². The Labute approximate surface area is 74.2 Å². The van der Waals surface area contributed by atoms with Crippen LogP contribution in [0.1, 0.15) is 6.42 Å². The molecule has 0 aromatic rings. The van der Waals surface area contributed by atoms with Crippen LogP contribution in [0.4, 0.5) is 4.79 Å². The lowest BCUT2D eigenvalue weighted by molar-refractivity contribution is 0.136. The molecule has 1 radical (unpaired) electrons. The van der Waals surface area contributed by atoms with Crippen LogP contribution in [0.5, 0.6) is 0 Å². The Kier molecular flexibility index (Phi) is 1.98.